The number of pyridine rings is 1. The third-order valence-electron chi connectivity index (χ3n) is 6.63. The first-order chi connectivity index (χ1) is 17.1. The number of aliphatic hydroxyl groups excluding tert-OH is 1. The lowest BCUT2D eigenvalue weighted by atomic mass is 10.2. The molecule has 4 heterocycles. The van der Waals surface area contributed by atoms with Gasteiger partial charge in [0, 0.05) is 45.1 Å². The van der Waals surface area contributed by atoms with Gasteiger partial charge in [-0.25, -0.2) is 4.98 Å². The van der Waals surface area contributed by atoms with Gasteiger partial charge in [0.15, 0.2) is 17.0 Å². The number of phenolic OH excluding ortho intramolecular Hbond substituents is 1. The zero-order valence-electron chi connectivity index (χ0n) is 20.0. The molecule has 5 rings (SSSR count). The second-order valence-corrected chi connectivity index (χ2v) is 8.69. The summed E-state index contributed by atoms with van der Waals surface area (Å²) < 4.78 is 1.93. The summed E-state index contributed by atoms with van der Waals surface area (Å²) in [5, 5.41) is 19.5. The number of aromatic nitrogens is 5. The standard InChI is InChI=1S/C25H30N8O2/c1-3-18(16-34)30(2)23-22-24(33(17-27-22)20-5-4-10-26-15-20)29-25(28-23)32-13-11-31(12-14-32)19-6-8-21(35)9-7-19/h4-10,15,17-18,34-35H,3,11-14,16H2,1-2H3. The highest BCUT2D eigenvalue weighted by atomic mass is 16.3. The molecule has 1 aromatic carbocycles. The van der Waals surface area contributed by atoms with Crippen molar-refractivity contribution in [3.63, 3.8) is 0 Å². The summed E-state index contributed by atoms with van der Waals surface area (Å²) in [5.41, 5.74) is 3.36. The minimum absolute atomic E-state index is 0.0302. The van der Waals surface area contributed by atoms with Gasteiger partial charge in [0.1, 0.15) is 12.1 Å². The maximum Gasteiger partial charge on any atom is 0.229 e. The van der Waals surface area contributed by atoms with Crippen LogP contribution in [-0.2, 0) is 0 Å². The Morgan fingerprint density at radius 1 is 1.00 bits per heavy atom. The molecule has 182 valence electrons. The van der Waals surface area contributed by atoms with Crippen molar-refractivity contribution in [3.8, 4) is 11.4 Å². The maximum atomic E-state index is 9.94. The van der Waals surface area contributed by atoms with Gasteiger partial charge in [0.2, 0.25) is 5.95 Å². The van der Waals surface area contributed by atoms with Crippen LogP contribution in [0.25, 0.3) is 16.9 Å². The second kappa shape index (κ2) is 9.75. The van der Waals surface area contributed by atoms with Crippen molar-refractivity contribution in [3.05, 3.63) is 55.1 Å². The van der Waals surface area contributed by atoms with Crippen LogP contribution in [-0.4, -0.2) is 80.6 Å². The molecule has 1 atom stereocenters. The number of aliphatic hydroxyl groups is 1. The zero-order valence-corrected chi connectivity index (χ0v) is 20.0. The van der Waals surface area contributed by atoms with E-state index in [1.165, 1.54) is 0 Å². The van der Waals surface area contributed by atoms with Crippen molar-refractivity contribution >= 4 is 28.6 Å². The van der Waals surface area contributed by atoms with Gasteiger partial charge in [-0.3, -0.25) is 9.55 Å². The predicted molar refractivity (Wildman–Crippen MR) is 137 cm³/mol. The van der Waals surface area contributed by atoms with E-state index in [2.05, 4.69) is 19.8 Å². The van der Waals surface area contributed by atoms with Gasteiger partial charge in [0.05, 0.1) is 24.5 Å². The fourth-order valence-corrected chi connectivity index (χ4v) is 4.47. The molecule has 0 radical (unpaired) electrons. The number of hydrogen-bond donors (Lipinski definition) is 2. The van der Waals surface area contributed by atoms with Crippen molar-refractivity contribution in [2.45, 2.75) is 19.4 Å². The minimum Gasteiger partial charge on any atom is -0.508 e. The number of piperazine rings is 1. The van der Waals surface area contributed by atoms with Crippen molar-refractivity contribution in [2.24, 2.45) is 0 Å². The predicted octanol–water partition coefficient (Wildman–Crippen LogP) is 2.45. The summed E-state index contributed by atoms with van der Waals surface area (Å²) >= 11 is 0. The first-order valence-electron chi connectivity index (χ1n) is 11.9. The summed E-state index contributed by atoms with van der Waals surface area (Å²) in [6.45, 7) is 5.22. The highest BCUT2D eigenvalue weighted by Crippen LogP contribution is 2.29. The number of phenols is 1. The Morgan fingerprint density at radius 3 is 2.40 bits per heavy atom. The SMILES string of the molecule is CCC(CO)N(C)c1nc(N2CCN(c3ccc(O)cc3)CC2)nc2c1ncn2-c1cccnc1. The number of aromatic hydroxyl groups is 1. The summed E-state index contributed by atoms with van der Waals surface area (Å²) in [5.74, 6) is 1.61. The molecule has 1 unspecified atom stereocenters. The first kappa shape index (κ1) is 22.9. The zero-order chi connectivity index (χ0) is 24.4. The molecule has 1 aliphatic rings. The van der Waals surface area contributed by atoms with Crippen LogP contribution in [0, 0.1) is 0 Å². The Balaban J connectivity index is 1.50. The monoisotopic (exact) mass is 474 g/mol. The molecule has 0 saturated carbocycles. The van der Waals surface area contributed by atoms with Gasteiger partial charge >= 0.3 is 0 Å². The van der Waals surface area contributed by atoms with Crippen LogP contribution in [0.5, 0.6) is 5.75 Å². The molecule has 10 nitrogen and oxygen atoms in total. The van der Waals surface area contributed by atoms with Gasteiger partial charge < -0.3 is 24.9 Å². The largest absolute Gasteiger partial charge is 0.508 e. The third kappa shape index (κ3) is 4.44. The van der Waals surface area contributed by atoms with Crippen molar-refractivity contribution in [2.75, 3.05) is 54.5 Å². The lowest BCUT2D eigenvalue weighted by Crippen LogP contribution is -2.47. The molecule has 0 spiro atoms. The van der Waals surface area contributed by atoms with Crippen LogP contribution in [0.15, 0.2) is 55.1 Å². The Bertz CT molecular complexity index is 1270. The molecule has 0 amide bonds. The number of rotatable bonds is 7. The van der Waals surface area contributed by atoms with Gasteiger partial charge in [-0.05, 0) is 42.8 Å². The highest BCUT2D eigenvalue weighted by Gasteiger charge is 2.25. The molecule has 2 N–H and O–H groups in total. The molecule has 1 saturated heterocycles. The number of likely N-dealkylation sites (N-methyl/N-ethyl adjacent to an activating group) is 1. The van der Waals surface area contributed by atoms with Crippen molar-refractivity contribution < 1.29 is 10.2 Å². The quantitative estimate of drug-likeness (QED) is 0.418. The van der Waals surface area contributed by atoms with Gasteiger partial charge in [-0.15, -0.1) is 0 Å². The van der Waals surface area contributed by atoms with Gasteiger partial charge in [-0.1, -0.05) is 6.92 Å². The van der Waals surface area contributed by atoms with Crippen LogP contribution < -0.4 is 14.7 Å². The van der Waals surface area contributed by atoms with E-state index in [1.807, 2.05) is 47.7 Å². The van der Waals surface area contributed by atoms with E-state index in [0.29, 0.717) is 22.9 Å². The normalized spacial score (nSPS) is 14.9. The molecule has 4 aromatic rings. The molecule has 0 bridgehead atoms. The van der Waals surface area contributed by atoms with Crippen LogP contribution in [0.1, 0.15) is 13.3 Å². The number of hydrogen-bond acceptors (Lipinski definition) is 9. The lowest BCUT2D eigenvalue weighted by Gasteiger charge is -2.36. The van der Waals surface area contributed by atoms with E-state index < -0.39 is 0 Å². The van der Waals surface area contributed by atoms with Crippen molar-refractivity contribution in [1.29, 1.82) is 0 Å². The molecule has 3 aromatic heterocycles. The average molecular weight is 475 g/mol. The fourth-order valence-electron chi connectivity index (χ4n) is 4.47. The van der Waals surface area contributed by atoms with E-state index >= 15 is 0 Å². The summed E-state index contributed by atoms with van der Waals surface area (Å²) in [6, 6.07) is 11.1. The number of benzene rings is 1. The fraction of sp³-hybridized carbons (Fsp3) is 0.360. The van der Waals surface area contributed by atoms with Crippen LogP contribution >= 0.6 is 0 Å². The molecular formula is C25H30N8O2. The third-order valence-corrected chi connectivity index (χ3v) is 6.63. The number of imidazole rings is 1. The average Bonchev–Trinajstić information content (AvgIpc) is 3.34. The van der Waals surface area contributed by atoms with Crippen LogP contribution in [0.4, 0.5) is 17.5 Å². The molecule has 10 heteroatoms. The van der Waals surface area contributed by atoms with Gasteiger partial charge in [-0.2, -0.15) is 9.97 Å². The summed E-state index contributed by atoms with van der Waals surface area (Å²) in [6.07, 6.45) is 6.05. The summed E-state index contributed by atoms with van der Waals surface area (Å²) in [7, 11) is 1.95. The molecule has 1 aliphatic heterocycles. The van der Waals surface area contributed by atoms with E-state index in [4.69, 9.17) is 9.97 Å². The summed E-state index contributed by atoms with van der Waals surface area (Å²) in [4.78, 5) is 25.3. The Morgan fingerprint density at radius 2 is 1.74 bits per heavy atom. The topological polar surface area (TPSA) is 107 Å². The van der Waals surface area contributed by atoms with Crippen LogP contribution in [0.2, 0.25) is 0 Å². The van der Waals surface area contributed by atoms with Gasteiger partial charge in [0.25, 0.3) is 0 Å². The van der Waals surface area contributed by atoms with E-state index in [0.717, 1.165) is 44.0 Å². The number of anilines is 3. The molecular weight excluding hydrogens is 444 g/mol. The van der Waals surface area contributed by atoms with Crippen LogP contribution in [0.3, 0.4) is 0 Å². The Hall–Kier alpha value is -3.92. The van der Waals surface area contributed by atoms with E-state index in [1.54, 1.807) is 30.9 Å². The van der Waals surface area contributed by atoms with E-state index in [9.17, 15) is 10.2 Å². The molecule has 1 fully saturated rings. The number of nitrogens with zero attached hydrogens (tertiary/aromatic N) is 8. The molecule has 35 heavy (non-hydrogen) atoms. The molecule has 0 aliphatic carbocycles. The lowest BCUT2D eigenvalue weighted by molar-refractivity contribution is 0.259. The Kier molecular flexibility index (Phi) is 6.37. The first-order valence-corrected chi connectivity index (χ1v) is 11.9. The smallest absolute Gasteiger partial charge is 0.229 e. The van der Waals surface area contributed by atoms with E-state index in [-0.39, 0.29) is 18.4 Å². The van der Waals surface area contributed by atoms with Crippen molar-refractivity contribution in [1.82, 2.24) is 24.5 Å². The second-order valence-electron chi connectivity index (χ2n) is 8.69. The number of fused-ring (bicyclic) bond motifs is 1. The highest BCUT2D eigenvalue weighted by molar-refractivity contribution is 5.86. The minimum atomic E-state index is -0.0733. The maximum absolute atomic E-state index is 9.94. The Labute approximate surface area is 204 Å².